The quantitative estimate of drug-likeness (QED) is 0.631. The molecule has 2 aromatic rings. The molecular weight excluding hydrogens is 370 g/mol. The molecule has 1 spiro atoms. The van der Waals surface area contributed by atoms with E-state index in [1.54, 1.807) is 6.07 Å². The molecule has 4 rings (SSSR count). The van der Waals surface area contributed by atoms with Crippen LogP contribution in [0.3, 0.4) is 0 Å². The fraction of sp³-hybridized carbons (Fsp3) is 0.318. The molecule has 7 heteroatoms. The van der Waals surface area contributed by atoms with Crippen LogP contribution in [0.2, 0.25) is 0 Å². The van der Waals surface area contributed by atoms with Gasteiger partial charge in [-0.15, -0.1) is 0 Å². The number of benzene rings is 2. The predicted octanol–water partition coefficient (Wildman–Crippen LogP) is 3.68. The van der Waals surface area contributed by atoms with Gasteiger partial charge in [0.05, 0.1) is 10.3 Å². The monoisotopic (exact) mass is 393 g/mol. The number of rotatable bonds is 4. The molecule has 0 aliphatic carbocycles. The van der Waals surface area contributed by atoms with Gasteiger partial charge < -0.3 is 15.4 Å². The summed E-state index contributed by atoms with van der Waals surface area (Å²) in [6.07, 6.45) is 3.99. The van der Waals surface area contributed by atoms with Gasteiger partial charge in [0.25, 0.3) is 5.69 Å². The van der Waals surface area contributed by atoms with Gasteiger partial charge in [0, 0.05) is 36.3 Å². The molecule has 0 saturated carbocycles. The average Bonchev–Trinajstić information content (AvgIpc) is 2.83. The Kier molecular flexibility index (Phi) is 4.15. The van der Waals surface area contributed by atoms with Crippen molar-refractivity contribution in [3.8, 4) is 5.75 Å². The van der Waals surface area contributed by atoms with E-state index in [0.717, 1.165) is 16.8 Å². The minimum Gasteiger partial charge on any atom is -0.463 e. The number of nitrogens with zero attached hydrogens (tertiary/aromatic N) is 2. The summed E-state index contributed by atoms with van der Waals surface area (Å²) in [6, 6.07) is 10.8. The number of nitro groups is 1. The summed E-state index contributed by atoms with van der Waals surface area (Å²) in [5.74, 6) is 0.189. The van der Waals surface area contributed by atoms with Gasteiger partial charge in [0.1, 0.15) is 5.75 Å². The zero-order valence-corrected chi connectivity index (χ0v) is 16.6. The SMILES string of the molecule is Cc1ccc2c(c1)C(C)(C)[C@]1(C=Cc3cc([N+](=O)[O-])ccc3O1)N2CCC(N)=O. The van der Waals surface area contributed by atoms with E-state index < -0.39 is 16.1 Å². The highest BCUT2D eigenvalue weighted by Gasteiger charge is 2.58. The Morgan fingerprint density at radius 2 is 2.00 bits per heavy atom. The Morgan fingerprint density at radius 3 is 2.69 bits per heavy atom. The molecule has 2 aliphatic rings. The van der Waals surface area contributed by atoms with Crippen molar-refractivity contribution in [2.75, 3.05) is 11.4 Å². The normalized spacial score (nSPS) is 20.9. The Balaban J connectivity index is 1.85. The number of nitro benzene ring substituents is 1. The van der Waals surface area contributed by atoms with Crippen LogP contribution in [0.1, 0.15) is 37.0 Å². The fourth-order valence-corrected chi connectivity index (χ4v) is 4.36. The molecule has 29 heavy (non-hydrogen) atoms. The number of fused-ring (bicyclic) bond motifs is 2. The summed E-state index contributed by atoms with van der Waals surface area (Å²) in [6.45, 7) is 6.66. The molecule has 0 unspecified atom stereocenters. The Bertz CT molecular complexity index is 1060. The van der Waals surface area contributed by atoms with E-state index in [2.05, 4.69) is 24.8 Å². The van der Waals surface area contributed by atoms with E-state index in [0.29, 0.717) is 17.9 Å². The summed E-state index contributed by atoms with van der Waals surface area (Å²) >= 11 is 0. The van der Waals surface area contributed by atoms with Gasteiger partial charge in [-0.1, -0.05) is 17.7 Å². The molecular formula is C22H23N3O4. The van der Waals surface area contributed by atoms with E-state index in [9.17, 15) is 14.9 Å². The van der Waals surface area contributed by atoms with Crippen LogP contribution >= 0.6 is 0 Å². The summed E-state index contributed by atoms with van der Waals surface area (Å²) < 4.78 is 6.56. The van der Waals surface area contributed by atoms with Gasteiger partial charge >= 0.3 is 0 Å². The number of aryl methyl sites for hydroxylation is 1. The molecule has 0 fully saturated rings. The molecule has 2 aliphatic heterocycles. The van der Waals surface area contributed by atoms with E-state index in [-0.39, 0.29) is 18.0 Å². The number of carbonyl (C=O) groups excluding carboxylic acids is 1. The third-order valence-electron chi connectivity index (χ3n) is 5.95. The van der Waals surface area contributed by atoms with Crippen LogP contribution < -0.4 is 15.4 Å². The molecule has 0 radical (unpaired) electrons. The molecule has 2 heterocycles. The predicted molar refractivity (Wildman–Crippen MR) is 111 cm³/mol. The molecule has 2 aromatic carbocycles. The van der Waals surface area contributed by atoms with Crippen LogP contribution in [-0.4, -0.2) is 23.1 Å². The largest absolute Gasteiger partial charge is 0.463 e. The Morgan fingerprint density at radius 1 is 1.24 bits per heavy atom. The summed E-state index contributed by atoms with van der Waals surface area (Å²) in [7, 11) is 0. The first-order valence-electron chi connectivity index (χ1n) is 9.49. The number of nitrogens with two attached hydrogens (primary N) is 1. The number of hydrogen-bond acceptors (Lipinski definition) is 5. The van der Waals surface area contributed by atoms with Crippen LogP contribution in [-0.2, 0) is 10.2 Å². The summed E-state index contributed by atoms with van der Waals surface area (Å²) in [4.78, 5) is 24.3. The molecule has 2 N–H and O–H groups in total. The van der Waals surface area contributed by atoms with Crippen LogP contribution in [0.4, 0.5) is 11.4 Å². The van der Waals surface area contributed by atoms with E-state index >= 15 is 0 Å². The van der Waals surface area contributed by atoms with Crippen LogP contribution in [0.25, 0.3) is 6.08 Å². The molecule has 7 nitrogen and oxygen atoms in total. The van der Waals surface area contributed by atoms with Crippen molar-refractivity contribution >= 4 is 23.4 Å². The number of ether oxygens (including phenoxy) is 1. The number of anilines is 1. The molecule has 1 atom stereocenters. The number of carbonyl (C=O) groups is 1. The Hall–Kier alpha value is -3.35. The van der Waals surface area contributed by atoms with Crippen molar-refractivity contribution in [2.24, 2.45) is 5.73 Å². The van der Waals surface area contributed by atoms with Crippen molar-refractivity contribution in [2.45, 2.75) is 38.3 Å². The third kappa shape index (κ3) is 2.76. The number of hydrogen-bond donors (Lipinski definition) is 1. The van der Waals surface area contributed by atoms with Gasteiger partial charge in [-0.3, -0.25) is 14.9 Å². The fourth-order valence-electron chi connectivity index (χ4n) is 4.36. The number of amides is 1. The zero-order valence-electron chi connectivity index (χ0n) is 16.6. The smallest absolute Gasteiger partial charge is 0.270 e. The maximum Gasteiger partial charge on any atom is 0.270 e. The lowest BCUT2D eigenvalue weighted by Crippen LogP contribution is -2.60. The standard InChI is InChI=1S/C22H23N3O4/c1-14-4-6-18-17(12-14)21(2,3)22(24(18)11-9-20(23)26)10-8-15-13-16(25(27)28)5-7-19(15)29-22/h4-8,10,12-13H,9,11H2,1-3H3,(H2,23,26)/t22-/m1/s1. The maximum atomic E-state index is 11.5. The van der Waals surface area contributed by atoms with Gasteiger partial charge in [-0.2, -0.15) is 0 Å². The second-order valence-electron chi connectivity index (χ2n) is 8.12. The first-order chi connectivity index (χ1) is 13.7. The lowest BCUT2D eigenvalue weighted by Gasteiger charge is -2.47. The van der Waals surface area contributed by atoms with Gasteiger partial charge in [-0.05, 0) is 50.6 Å². The number of primary amides is 1. The van der Waals surface area contributed by atoms with Crippen LogP contribution in [0.5, 0.6) is 5.75 Å². The molecule has 0 saturated heterocycles. The second-order valence-corrected chi connectivity index (χ2v) is 8.12. The highest BCUT2D eigenvalue weighted by molar-refractivity contribution is 5.77. The van der Waals surface area contributed by atoms with E-state index in [1.807, 2.05) is 31.2 Å². The van der Waals surface area contributed by atoms with Gasteiger partial charge in [0.15, 0.2) is 0 Å². The molecule has 1 amide bonds. The van der Waals surface area contributed by atoms with Gasteiger partial charge in [0.2, 0.25) is 11.6 Å². The zero-order chi connectivity index (χ0) is 21.0. The van der Waals surface area contributed by atoms with Gasteiger partial charge in [-0.25, -0.2) is 0 Å². The maximum absolute atomic E-state index is 11.5. The third-order valence-corrected chi connectivity index (χ3v) is 5.95. The van der Waals surface area contributed by atoms with Crippen molar-refractivity contribution < 1.29 is 14.5 Å². The average molecular weight is 393 g/mol. The van der Waals surface area contributed by atoms with E-state index in [1.165, 1.54) is 12.1 Å². The van der Waals surface area contributed by atoms with E-state index in [4.69, 9.17) is 10.5 Å². The number of non-ortho nitro benzene ring substituents is 1. The summed E-state index contributed by atoms with van der Waals surface area (Å²) in [5, 5.41) is 11.1. The second kappa shape index (κ2) is 6.34. The first-order valence-corrected chi connectivity index (χ1v) is 9.49. The van der Waals surface area contributed by atoms with Crippen LogP contribution in [0.15, 0.2) is 42.5 Å². The topological polar surface area (TPSA) is 98.7 Å². The Labute approximate surface area is 168 Å². The van der Waals surface area contributed by atoms with Crippen LogP contribution in [0, 0.1) is 17.0 Å². The lowest BCUT2D eigenvalue weighted by molar-refractivity contribution is -0.384. The minimum atomic E-state index is -0.873. The lowest BCUT2D eigenvalue weighted by atomic mass is 9.76. The molecule has 0 bridgehead atoms. The molecule has 150 valence electrons. The molecule has 0 aromatic heterocycles. The highest BCUT2D eigenvalue weighted by Crippen LogP contribution is 2.55. The van der Waals surface area contributed by atoms with Crippen molar-refractivity contribution in [3.63, 3.8) is 0 Å². The highest BCUT2D eigenvalue weighted by atomic mass is 16.6. The minimum absolute atomic E-state index is 0.0168. The summed E-state index contributed by atoms with van der Waals surface area (Å²) in [5.41, 5.74) is 8.05. The van der Waals surface area contributed by atoms with Crippen molar-refractivity contribution in [3.05, 3.63) is 69.3 Å². The van der Waals surface area contributed by atoms with Crippen molar-refractivity contribution in [1.29, 1.82) is 0 Å². The first kappa shape index (κ1) is 19.0. The van der Waals surface area contributed by atoms with Crippen molar-refractivity contribution in [1.82, 2.24) is 0 Å².